The van der Waals surface area contributed by atoms with Crippen molar-refractivity contribution >= 4 is 75.6 Å². The molecular formula is AgCuFeNiPbSbSnZn. The zero-order valence-corrected chi connectivity index (χ0v) is 20.2. The molecule has 8 heteroatoms. The minimum atomic E-state index is 0. The van der Waals surface area contributed by atoms with Crippen molar-refractivity contribution in [2.75, 3.05) is 0 Å². The maximum atomic E-state index is 0. The zero-order chi connectivity index (χ0) is 0. The van der Waals surface area contributed by atoms with Crippen molar-refractivity contribution in [3.05, 3.63) is 0 Å². The third-order valence-electron chi connectivity index (χ3n) is 0. The van der Waals surface area contributed by atoms with E-state index < -0.39 is 0 Å². The van der Waals surface area contributed by atoms with E-state index >= 15 is 0 Å². The molecule has 0 aliphatic carbocycles. The summed E-state index contributed by atoms with van der Waals surface area (Å²) in [5.41, 5.74) is 0. The molecule has 0 heterocycles. The Balaban J connectivity index is 0. The van der Waals surface area contributed by atoms with Crippen LogP contribution in [-0.4, -0.2) is 75.6 Å². The molecule has 0 fully saturated rings. The van der Waals surface area contributed by atoms with Gasteiger partial charge in [-0.05, 0) is 0 Å². The molecule has 0 aliphatic rings. The summed E-state index contributed by atoms with van der Waals surface area (Å²) in [6, 6.07) is 0. The summed E-state index contributed by atoms with van der Waals surface area (Å²) in [6.45, 7) is 0. The first kappa shape index (κ1) is 70.3. The van der Waals surface area contributed by atoms with Crippen LogP contribution < -0.4 is 0 Å². The molecule has 0 rings (SSSR count). The molecular weight excluding hydrogens is 799 g/mol. The summed E-state index contributed by atoms with van der Waals surface area (Å²) < 4.78 is 0. The van der Waals surface area contributed by atoms with Gasteiger partial charge in [-0.15, -0.1) is 0 Å². The van der Waals surface area contributed by atoms with Crippen LogP contribution in [-0.2, 0) is 92.5 Å². The van der Waals surface area contributed by atoms with Gasteiger partial charge in [0.05, 0.1) is 0 Å². The minimum Gasteiger partial charge on any atom is 0 e. The largest absolute Gasteiger partial charge is 0 e. The molecule has 0 bridgehead atoms. The molecule has 0 unspecified atom stereocenters. The standard InChI is InChI=1S/Ag.Cu.Fe.Ni.Pb.Sb.Sn.Zn. The topological polar surface area (TPSA) is 0 Å². The molecule has 0 N–H and O–H groups in total. The molecule has 0 saturated carbocycles. The Labute approximate surface area is 164 Å². The third-order valence-corrected chi connectivity index (χ3v) is 0. The first-order valence-corrected chi connectivity index (χ1v) is 0. The average molecular weight is 799 g/mol. The van der Waals surface area contributed by atoms with Gasteiger partial charge in [0, 0.05) is 168 Å². The summed E-state index contributed by atoms with van der Waals surface area (Å²) in [5.74, 6) is 0. The smallest absolute Gasteiger partial charge is 0 e. The predicted molar refractivity (Wildman–Crippen MR) is 17.3 cm³/mol. The van der Waals surface area contributed by atoms with Crippen LogP contribution in [0.1, 0.15) is 0 Å². The monoisotopic (exact) mass is 796 g/mol. The van der Waals surface area contributed by atoms with E-state index in [4.69, 9.17) is 0 Å². The van der Waals surface area contributed by atoms with E-state index in [9.17, 15) is 0 Å². The van der Waals surface area contributed by atoms with Gasteiger partial charge in [-0.1, -0.05) is 0 Å². The van der Waals surface area contributed by atoms with Gasteiger partial charge >= 0.3 is 0 Å². The summed E-state index contributed by atoms with van der Waals surface area (Å²) >= 11 is 0. The van der Waals surface area contributed by atoms with Crippen molar-refractivity contribution in [1.82, 2.24) is 0 Å². The molecule has 0 aromatic rings. The fraction of sp³-hybridized carbons (Fsp3) is 0. The Morgan fingerprint density at radius 3 is 1.00 bits per heavy atom. The molecule has 0 atom stereocenters. The molecule has 8 heavy (non-hydrogen) atoms. The minimum absolute atomic E-state index is 0. The fourth-order valence-electron chi connectivity index (χ4n) is 0. The quantitative estimate of drug-likeness (QED) is 0.272. The third kappa shape index (κ3) is 42.2. The van der Waals surface area contributed by atoms with E-state index in [1.165, 1.54) is 0 Å². The van der Waals surface area contributed by atoms with Crippen molar-refractivity contribution in [3.63, 3.8) is 0 Å². The van der Waals surface area contributed by atoms with Crippen molar-refractivity contribution < 1.29 is 92.5 Å². The normalized spacial score (nSPS) is 0. The Morgan fingerprint density at radius 2 is 1.00 bits per heavy atom. The Morgan fingerprint density at radius 1 is 1.00 bits per heavy atom. The SMILES string of the molecule is [Ag].[Cu].[Fe].[Ni].[Pb].[Sb].[Sn].[Zn]. The van der Waals surface area contributed by atoms with Crippen molar-refractivity contribution in [2.24, 2.45) is 0 Å². The molecule has 0 saturated heterocycles. The molecule has 0 aromatic heterocycles. The first-order chi connectivity index (χ1) is 0. The van der Waals surface area contributed by atoms with E-state index in [-0.39, 0.29) is 168 Å². The second kappa shape index (κ2) is 55.0. The number of hydrogen-bond acceptors (Lipinski definition) is 0. The second-order valence-corrected chi connectivity index (χ2v) is 0. The van der Waals surface area contributed by atoms with E-state index in [1.54, 1.807) is 0 Å². The average Bonchev–Trinajstić information content (AvgIpc) is 0. The second-order valence-electron chi connectivity index (χ2n) is 0. The van der Waals surface area contributed by atoms with Gasteiger partial charge in [0.25, 0.3) is 0 Å². The van der Waals surface area contributed by atoms with Crippen LogP contribution in [0.4, 0.5) is 0 Å². The van der Waals surface area contributed by atoms with Gasteiger partial charge in [-0.25, -0.2) is 0 Å². The maximum absolute atomic E-state index is 0. The molecule has 0 nitrogen and oxygen atoms in total. The van der Waals surface area contributed by atoms with E-state index in [0.717, 1.165) is 0 Å². The van der Waals surface area contributed by atoms with E-state index in [0.29, 0.717) is 0 Å². The van der Waals surface area contributed by atoms with Gasteiger partial charge in [-0.2, -0.15) is 0 Å². The Kier molecular flexibility index (Phi) is 484. The molecule has 0 amide bonds. The van der Waals surface area contributed by atoms with Crippen LogP contribution in [0.5, 0.6) is 0 Å². The predicted octanol–water partition coefficient (Wildman–Crippen LogP) is -1.15. The number of rotatable bonds is 0. The van der Waals surface area contributed by atoms with Crippen molar-refractivity contribution in [2.45, 2.75) is 0 Å². The van der Waals surface area contributed by atoms with Crippen molar-refractivity contribution in [1.29, 1.82) is 0 Å². The van der Waals surface area contributed by atoms with Gasteiger partial charge in [-0.3, -0.25) is 0 Å². The molecule has 0 aliphatic heterocycles. The van der Waals surface area contributed by atoms with Crippen LogP contribution in [0.15, 0.2) is 0 Å². The molecule has 55 valence electrons. The summed E-state index contributed by atoms with van der Waals surface area (Å²) in [5, 5.41) is 0. The van der Waals surface area contributed by atoms with Crippen LogP contribution in [0.25, 0.3) is 0 Å². The summed E-state index contributed by atoms with van der Waals surface area (Å²) in [4.78, 5) is 0. The van der Waals surface area contributed by atoms with Gasteiger partial charge in [0.2, 0.25) is 0 Å². The fourth-order valence-corrected chi connectivity index (χ4v) is 0. The Bertz CT molecular complexity index is 24.0. The van der Waals surface area contributed by atoms with Crippen LogP contribution in [0.2, 0.25) is 0 Å². The summed E-state index contributed by atoms with van der Waals surface area (Å²) in [7, 11) is 0. The van der Waals surface area contributed by atoms with Crippen LogP contribution >= 0.6 is 0 Å². The van der Waals surface area contributed by atoms with Gasteiger partial charge < -0.3 is 0 Å². The zero-order valence-electron chi connectivity index (χ0n) is 3.43. The van der Waals surface area contributed by atoms with Crippen LogP contribution in [0, 0.1) is 0 Å². The summed E-state index contributed by atoms with van der Waals surface area (Å²) in [6.07, 6.45) is 0. The molecule has 0 aromatic carbocycles. The van der Waals surface area contributed by atoms with Gasteiger partial charge in [0.15, 0.2) is 0 Å². The molecule has 0 spiro atoms. The number of hydrogen-bond donors (Lipinski definition) is 0. The van der Waals surface area contributed by atoms with Gasteiger partial charge in [0.1, 0.15) is 0 Å². The van der Waals surface area contributed by atoms with E-state index in [2.05, 4.69) is 0 Å². The van der Waals surface area contributed by atoms with E-state index in [1.807, 2.05) is 0 Å². The Hall–Kier alpha value is 5.44. The molecule has 13 radical (unpaired) electrons. The van der Waals surface area contributed by atoms with Crippen LogP contribution in [0.3, 0.4) is 0 Å². The maximum Gasteiger partial charge on any atom is 0 e. The van der Waals surface area contributed by atoms with Crippen molar-refractivity contribution in [3.8, 4) is 0 Å². The first-order valence-electron chi connectivity index (χ1n) is 0.